The van der Waals surface area contributed by atoms with E-state index < -0.39 is 22.8 Å². The molecule has 0 aromatic heterocycles. The lowest BCUT2D eigenvalue weighted by atomic mass is 9.70. The number of fused-ring (bicyclic) bond motifs is 3. The quantitative estimate of drug-likeness (QED) is 0.767. The number of aldehydes is 1. The minimum Gasteiger partial charge on any atom is -0.465 e. The number of carbonyl (C=O) groups excluding carboxylic acids is 1. The Morgan fingerprint density at radius 2 is 1.83 bits per heavy atom. The molecule has 0 atom stereocenters. The third-order valence-corrected chi connectivity index (χ3v) is 4.21. The summed E-state index contributed by atoms with van der Waals surface area (Å²) in [6, 6.07) is 0. The van der Waals surface area contributed by atoms with Crippen LogP contribution in [0.1, 0.15) is 46.5 Å². The van der Waals surface area contributed by atoms with Gasteiger partial charge in [0.15, 0.2) is 6.29 Å². The van der Waals surface area contributed by atoms with E-state index in [4.69, 9.17) is 4.74 Å². The molecule has 3 aliphatic rings. The second-order valence-electron chi connectivity index (χ2n) is 6.48. The first-order valence-electron chi connectivity index (χ1n) is 6.38. The van der Waals surface area contributed by atoms with Gasteiger partial charge in [0.25, 0.3) is 0 Å². The summed E-state index contributed by atoms with van der Waals surface area (Å²) >= 11 is 0. The highest BCUT2D eigenvalue weighted by Gasteiger charge is 2.56. The molecule has 3 rings (SSSR count). The summed E-state index contributed by atoms with van der Waals surface area (Å²) in [5, 5.41) is 9.50. The van der Waals surface area contributed by atoms with Crippen LogP contribution in [0.2, 0.25) is 0 Å². The van der Waals surface area contributed by atoms with Crippen LogP contribution in [0.5, 0.6) is 0 Å². The standard InChI is InChI=1S/C13H21NO4/c1-11(2,3)14(10(16)17)12-4-6-13(8-15,7-5-12)18-9-12/h8H,4-7,9H2,1-3H3,(H,16,17). The van der Waals surface area contributed by atoms with Gasteiger partial charge >= 0.3 is 6.09 Å². The average molecular weight is 255 g/mol. The van der Waals surface area contributed by atoms with Crippen molar-refractivity contribution in [2.75, 3.05) is 6.61 Å². The van der Waals surface area contributed by atoms with E-state index in [0.29, 0.717) is 32.3 Å². The molecule has 2 saturated heterocycles. The molecule has 5 nitrogen and oxygen atoms in total. The van der Waals surface area contributed by atoms with Crippen LogP contribution in [0.4, 0.5) is 4.79 Å². The highest BCUT2D eigenvalue weighted by atomic mass is 16.5. The predicted molar refractivity (Wildman–Crippen MR) is 65.6 cm³/mol. The van der Waals surface area contributed by atoms with Crippen molar-refractivity contribution >= 4 is 12.4 Å². The van der Waals surface area contributed by atoms with Gasteiger partial charge in [0.2, 0.25) is 0 Å². The molecular formula is C13H21NO4. The fourth-order valence-electron chi connectivity index (χ4n) is 3.35. The van der Waals surface area contributed by atoms with Crippen molar-refractivity contribution in [3.63, 3.8) is 0 Å². The molecule has 1 aliphatic carbocycles. The second-order valence-corrected chi connectivity index (χ2v) is 6.48. The lowest BCUT2D eigenvalue weighted by molar-refractivity contribution is -0.192. The van der Waals surface area contributed by atoms with Crippen LogP contribution in [0, 0.1) is 0 Å². The Morgan fingerprint density at radius 1 is 1.28 bits per heavy atom. The monoisotopic (exact) mass is 255 g/mol. The maximum absolute atomic E-state index is 11.6. The molecule has 3 fully saturated rings. The van der Waals surface area contributed by atoms with Crippen LogP contribution in [-0.2, 0) is 9.53 Å². The minimum atomic E-state index is -0.911. The zero-order valence-corrected chi connectivity index (χ0v) is 11.2. The molecule has 0 aromatic carbocycles. The number of carboxylic acid groups (broad SMARTS) is 1. The van der Waals surface area contributed by atoms with Crippen molar-refractivity contribution in [2.45, 2.75) is 63.1 Å². The first kappa shape index (κ1) is 13.3. The fourth-order valence-corrected chi connectivity index (χ4v) is 3.35. The van der Waals surface area contributed by atoms with Gasteiger partial charge in [-0.1, -0.05) is 0 Å². The molecule has 0 unspecified atom stereocenters. The molecular weight excluding hydrogens is 234 g/mol. The Morgan fingerprint density at radius 3 is 2.11 bits per heavy atom. The van der Waals surface area contributed by atoms with Crippen LogP contribution >= 0.6 is 0 Å². The van der Waals surface area contributed by atoms with Crippen LogP contribution in [-0.4, -0.2) is 45.7 Å². The SMILES string of the molecule is CC(C)(C)N(C(=O)O)C12CCC(C=O)(CC1)OC2. The van der Waals surface area contributed by atoms with Crippen LogP contribution in [0.3, 0.4) is 0 Å². The maximum atomic E-state index is 11.6. The van der Waals surface area contributed by atoms with E-state index in [9.17, 15) is 14.7 Å². The molecule has 1 amide bonds. The summed E-state index contributed by atoms with van der Waals surface area (Å²) in [4.78, 5) is 24.2. The summed E-state index contributed by atoms with van der Waals surface area (Å²) in [5.41, 5.74) is -1.58. The summed E-state index contributed by atoms with van der Waals surface area (Å²) in [7, 11) is 0. The first-order valence-corrected chi connectivity index (χ1v) is 6.38. The fraction of sp³-hybridized carbons (Fsp3) is 0.846. The van der Waals surface area contributed by atoms with Gasteiger partial charge in [0, 0.05) is 5.54 Å². The number of ether oxygens (including phenoxy) is 1. The van der Waals surface area contributed by atoms with Gasteiger partial charge in [-0.25, -0.2) is 4.79 Å². The molecule has 0 spiro atoms. The first-order chi connectivity index (χ1) is 8.25. The Kier molecular flexibility index (Phi) is 2.93. The molecule has 0 aromatic rings. The lowest BCUT2D eigenvalue weighted by Gasteiger charge is -2.57. The van der Waals surface area contributed by atoms with E-state index in [2.05, 4.69) is 0 Å². The molecule has 1 N–H and O–H groups in total. The van der Waals surface area contributed by atoms with Crippen LogP contribution in [0.25, 0.3) is 0 Å². The largest absolute Gasteiger partial charge is 0.465 e. The molecule has 18 heavy (non-hydrogen) atoms. The van der Waals surface area contributed by atoms with E-state index in [1.54, 1.807) is 0 Å². The van der Waals surface area contributed by atoms with Gasteiger partial charge in [0.05, 0.1) is 12.1 Å². The summed E-state index contributed by atoms with van der Waals surface area (Å²) < 4.78 is 5.67. The normalized spacial score (nSPS) is 35.3. The molecule has 1 saturated carbocycles. The van der Waals surface area contributed by atoms with Gasteiger partial charge in [-0.15, -0.1) is 0 Å². The van der Waals surface area contributed by atoms with Gasteiger partial charge in [0.1, 0.15) is 5.60 Å². The third-order valence-electron chi connectivity index (χ3n) is 4.21. The van der Waals surface area contributed by atoms with E-state index in [0.717, 1.165) is 6.29 Å². The van der Waals surface area contributed by atoms with Crippen molar-refractivity contribution in [1.82, 2.24) is 4.90 Å². The van der Waals surface area contributed by atoms with Crippen molar-refractivity contribution in [3.05, 3.63) is 0 Å². The molecule has 2 heterocycles. The Bertz CT molecular complexity index is 347. The van der Waals surface area contributed by atoms with Crippen LogP contribution in [0.15, 0.2) is 0 Å². The van der Waals surface area contributed by atoms with E-state index in [1.165, 1.54) is 4.90 Å². The minimum absolute atomic E-state index is 0.329. The number of amides is 1. The Hall–Kier alpha value is -1.10. The van der Waals surface area contributed by atoms with E-state index in [-0.39, 0.29) is 0 Å². The van der Waals surface area contributed by atoms with Crippen molar-refractivity contribution in [2.24, 2.45) is 0 Å². The van der Waals surface area contributed by atoms with Crippen LogP contribution < -0.4 is 0 Å². The van der Waals surface area contributed by atoms with Gasteiger partial charge in [-0.2, -0.15) is 0 Å². The predicted octanol–water partition coefficient (Wildman–Crippen LogP) is 2.05. The van der Waals surface area contributed by atoms with Crippen molar-refractivity contribution in [3.8, 4) is 0 Å². The second kappa shape index (κ2) is 3.95. The Labute approximate surface area is 107 Å². The number of nitrogens with zero attached hydrogens (tertiary/aromatic N) is 1. The zero-order valence-electron chi connectivity index (χ0n) is 11.2. The maximum Gasteiger partial charge on any atom is 0.408 e. The average Bonchev–Trinajstić information content (AvgIpc) is 2.28. The van der Waals surface area contributed by atoms with E-state index in [1.807, 2.05) is 20.8 Å². The topological polar surface area (TPSA) is 66.8 Å². The number of rotatable bonds is 2. The summed E-state index contributed by atoms with van der Waals surface area (Å²) in [5.74, 6) is 0. The molecule has 2 aliphatic heterocycles. The van der Waals surface area contributed by atoms with E-state index >= 15 is 0 Å². The number of hydrogen-bond donors (Lipinski definition) is 1. The highest BCUT2D eigenvalue weighted by Crippen LogP contribution is 2.47. The molecule has 102 valence electrons. The third kappa shape index (κ3) is 1.90. The van der Waals surface area contributed by atoms with Crippen molar-refractivity contribution < 1.29 is 19.4 Å². The van der Waals surface area contributed by atoms with Gasteiger partial charge in [-0.05, 0) is 46.5 Å². The highest BCUT2D eigenvalue weighted by molar-refractivity contribution is 5.68. The number of carbonyl (C=O) groups is 2. The molecule has 5 heteroatoms. The summed E-state index contributed by atoms with van der Waals surface area (Å²) in [6.45, 7) is 6.01. The molecule has 0 radical (unpaired) electrons. The zero-order chi connectivity index (χ0) is 13.6. The lowest BCUT2D eigenvalue weighted by Crippen LogP contribution is -2.68. The van der Waals surface area contributed by atoms with Gasteiger partial charge < -0.3 is 14.6 Å². The van der Waals surface area contributed by atoms with Gasteiger partial charge in [-0.3, -0.25) is 4.90 Å². The summed E-state index contributed by atoms with van der Waals surface area (Å²) in [6.07, 6.45) is 2.63. The smallest absolute Gasteiger partial charge is 0.408 e. The number of hydrogen-bond acceptors (Lipinski definition) is 3. The van der Waals surface area contributed by atoms with Crippen molar-refractivity contribution in [1.29, 1.82) is 0 Å². The molecule has 2 bridgehead atoms. The Balaban J connectivity index is 2.28.